The number of rotatable bonds is 2. The van der Waals surface area contributed by atoms with Crippen molar-refractivity contribution in [3.63, 3.8) is 0 Å². The van der Waals surface area contributed by atoms with Gasteiger partial charge in [0.15, 0.2) is 0 Å². The van der Waals surface area contributed by atoms with Gasteiger partial charge in [-0.25, -0.2) is 4.79 Å². The van der Waals surface area contributed by atoms with Crippen LogP contribution in [0.3, 0.4) is 0 Å². The van der Waals surface area contributed by atoms with Crippen LogP contribution in [-0.2, 0) is 4.74 Å². The number of alkyl carbamates (subject to hydrolysis) is 1. The molecule has 0 aliphatic heterocycles. The van der Waals surface area contributed by atoms with Crippen LogP contribution >= 0.6 is 0 Å². The first kappa shape index (κ1) is 16.3. The molecule has 0 radical (unpaired) electrons. The van der Waals surface area contributed by atoms with Crippen molar-refractivity contribution < 1.29 is 14.5 Å². The van der Waals surface area contributed by atoms with Crippen molar-refractivity contribution in [1.82, 2.24) is 5.32 Å². The highest BCUT2D eigenvalue weighted by Crippen LogP contribution is 2.21. The van der Waals surface area contributed by atoms with Gasteiger partial charge in [0.1, 0.15) is 11.3 Å². The number of anilines is 1. The van der Waals surface area contributed by atoms with E-state index in [-0.39, 0.29) is 17.9 Å². The first-order valence-corrected chi connectivity index (χ1v) is 6.18. The third-order valence-electron chi connectivity index (χ3n) is 2.18. The number of amides is 1. The molecule has 0 aromatic heterocycles. The molecule has 0 saturated heterocycles. The normalized spacial score (nSPS) is 10.2. The Morgan fingerprint density at radius 2 is 2.14 bits per heavy atom. The van der Waals surface area contributed by atoms with Crippen molar-refractivity contribution in [3.8, 4) is 11.8 Å². The van der Waals surface area contributed by atoms with Crippen LogP contribution in [0.5, 0.6) is 0 Å². The minimum Gasteiger partial charge on any atom is -0.444 e. The van der Waals surface area contributed by atoms with E-state index in [0.717, 1.165) is 0 Å². The molecule has 1 amide bonds. The summed E-state index contributed by atoms with van der Waals surface area (Å²) in [6, 6.07) is 4.28. The van der Waals surface area contributed by atoms with Gasteiger partial charge in [0.2, 0.25) is 0 Å². The van der Waals surface area contributed by atoms with Crippen molar-refractivity contribution in [2.24, 2.45) is 0 Å². The van der Waals surface area contributed by atoms with Crippen molar-refractivity contribution in [2.75, 3.05) is 12.3 Å². The molecule has 0 fully saturated rings. The quantitative estimate of drug-likeness (QED) is 0.375. The van der Waals surface area contributed by atoms with Crippen LogP contribution < -0.4 is 11.1 Å². The fraction of sp³-hybridized carbons (Fsp3) is 0.357. The monoisotopic (exact) mass is 291 g/mol. The van der Waals surface area contributed by atoms with Gasteiger partial charge in [0.05, 0.1) is 11.5 Å². The second-order valence-corrected chi connectivity index (χ2v) is 5.19. The Bertz CT molecular complexity index is 609. The van der Waals surface area contributed by atoms with Crippen LogP contribution in [0.15, 0.2) is 18.2 Å². The average Bonchev–Trinajstić information content (AvgIpc) is 2.34. The number of ether oxygens (including phenoxy) is 1. The molecule has 0 aliphatic carbocycles. The molecule has 3 N–H and O–H groups in total. The molecule has 112 valence electrons. The molecule has 1 aromatic rings. The number of nitrogens with zero attached hydrogens (tertiary/aromatic N) is 1. The minimum absolute atomic E-state index is 0.0765. The van der Waals surface area contributed by atoms with Crippen molar-refractivity contribution in [1.29, 1.82) is 0 Å². The molecule has 7 heteroatoms. The molecule has 0 aliphatic rings. The lowest BCUT2D eigenvalue weighted by Gasteiger charge is -2.18. The van der Waals surface area contributed by atoms with E-state index in [9.17, 15) is 14.9 Å². The molecule has 0 heterocycles. The summed E-state index contributed by atoms with van der Waals surface area (Å²) in [7, 11) is 0. The van der Waals surface area contributed by atoms with Crippen molar-refractivity contribution in [3.05, 3.63) is 33.9 Å². The molecule has 1 aromatic carbocycles. The summed E-state index contributed by atoms with van der Waals surface area (Å²) in [4.78, 5) is 21.5. The third kappa shape index (κ3) is 5.82. The number of hydrogen-bond acceptors (Lipinski definition) is 5. The molecular formula is C14H17N3O4. The zero-order valence-corrected chi connectivity index (χ0v) is 12.1. The minimum atomic E-state index is -0.574. The Labute approximate surface area is 122 Å². The summed E-state index contributed by atoms with van der Waals surface area (Å²) in [6.45, 7) is 5.34. The van der Waals surface area contributed by atoms with Crippen molar-refractivity contribution >= 4 is 17.5 Å². The lowest BCUT2D eigenvalue weighted by Crippen LogP contribution is -2.32. The lowest BCUT2D eigenvalue weighted by atomic mass is 10.2. The van der Waals surface area contributed by atoms with E-state index in [0.29, 0.717) is 5.56 Å². The van der Waals surface area contributed by atoms with E-state index in [2.05, 4.69) is 17.2 Å². The molecule has 0 unspecified atom stereocenters. The summed E-state index contributed by atoms with van der Waals surface area (Å²) in [5.74, 6) is 5.38. The molecule has 7 nitrogen and oxygen atoms in total. The van der Waals surface area contributed by atoms with E-state index < -0.39 is 16.6 Å². The first-order valence-electron chi connectivity index (χ1n) is 6.18. The SMILES string of the molecule is CC(C)(C)OC(=O)NCC#Cc1ccc(N)c([N+](=O)[O-])c1. The Morgan fingerprint density at radius 3 is 2.71 bits per heavy atom. The van der Waals surface area contributed by atoms with Gasteiger partial charge in [0, 0.05) is 11.6 Å². The maximum absolute atomic E-state index is 11.4. The first-order chi connectivity index (χ1) is 9.69. The third-order valence-corrected chi connectivity index (χ3v) is 2.18. The van der Waals surface area contributed by atoms with E-state index >= 15 is 0 Å². The lowest BCUT2D eigenvalue weighted by molar-refractivity contribution is -0.383. The number of hydrogen-bond donors (Lipinski definition) is 2. The molecule has 0 bridgehead atoms. The van der Waals surface area contributed by atoms with Gasteiger partial charge in [-0.15, -0.1) is 0 Å². The summed E-state index contributed by atoms with van der Waals surface area (Å²) in [5.41, 5.74) is 5.24. The summed E-state index contributed by atoms with van der Waals surface area (Å²) in [5, 5.41) is 13.2. The highest BCUT2D eigenvalue weighted by Gasteiger charge is 2.15. The molecule has 0 atom stereocenters. The van der Waals surface area contributed by atoms with Gasteiger partial charge in [-0.2, -0.15) is 0 Å². The standard InChI is InChI=1S/C14H17N3O4/c1-14(2,3)21-13(18)16-8-4-5-10-6-7-11(15)12(9-10)17(19)20/h6-7,9H,8,15H2,1-3H3,(H,16,18). The summed E-state index contributed by atoms with van der Waals surface area (Å²) in [6.07, 6.45) is -0.569. The van der Waals surface area contributed by atoms with Crippen LogP contribution in [0.25, 0.3) is 0 Å². The van der Waals surface area contributed by atoms with Crippen LogP contribution in [0, 0.1) is 22.0 Å². The van der Waals surface area contributed by atoms with E-state index in [1.807, 2.05) is 0 Å². The Kier molecular flexibility index (Phi) is 5.13. The van der Waals surface area contributed by atoms with Gasteiger partial charge in [-0.05, 0) is 32.9 Å². The van der Waals surface area contributed by atoms with E-state index in [4.69, 9.17) is 10.5 Å². The largest absolute Gasteiger partial charge is 0.444 e. The number of nitrogen functional groups attached to an aromatic ring is 1. The molecule has 0 saturated carbocycles. The number of benzene rings is 1. The number of nitro groups is 1. The highest BCUT2D eigenvalue weighted by molar-refractivity contribution is 5.68. The van der Waals surface area contributed by atoms with Gasteiger partial charge < -0.3 is 15.8 Å². The Balaban J connectivity index is 2.62. The summed E-state index contributed by atoms with van der Waals surface area (Å²) >= 11 is 0. The maximum Gasteiger partial charge on any atom is 0.408 e. The molecule has 1 rings (SSSR count). The number of carbonyl (C=O) groups excluding carboxylic acids is 1. The fourth-order valence-electron chi connectivity index (χ4n) is 1.36. The predicted molar refractivity (Wildman–Crippen MR) is 78.6 cm³/mol. The Morgan fingerprint density at radius 1 is 1.48 bits per heavy atom. The Hall–Kier alpha value is -2.75. The zero-order valence-electron chi connectivity index (χ0n) is 12.1. The molecule has 21 heavy (non-hydrogen) atoms. The topological polar surface area (TPSA) is 107 Å². The molecular weight excluding hydrogens is 274 g/mol. The maximum atomic E-state index is 11.4. The zero-order chi connectivity index (χ0) is 16.0. The van der Waals surface area contributed by atoms with Gasteiger partial charge >= 0.3 is 6.09 Å². The highest BCUT2D eigenvalue weighted by atomic mass is 16.6. The number of nitro benzene ring substituents is 1. The smallest absolute Gasteiger partial charge is 0.408 e. The van der Waals surface area contributed by atoms with E-state index in [1.165, 1.54) is 12.1 Å². The van der Waals surface area contributed by atoms with Crippen molar-refractivity contribution in [2.45, 2.75) is 26.4 Å². The van der Waals surface area contributed by atoms with Crippen LogP contribution in [-0.4, -0.2) is 23.2 Å². The molecule has 0 spiro atoms. The van der Waals surface area contributed by atoms with Crippen LogP contribution in [0.2, 0.25) is 0 Å². The second-order valence-electron chi connectivity index (χ2n) is 5.19. The van der Waals surface area contributed by atoms with Gasteiger partial charge in [-0.1, -0.05) is 11.8 Å². The predicted octanol–water partition coefficient (Wildman–Crippen LogP) is 2.05. The van der Waals surface area contributed by atoms with Crippen LogP contribution in [0.4, 0.5) is 16.2 Å². The number of carbonyl (C=O) groups is 1. The van der Waals surface area contributed by atoms with Gasteiger partial charge in [0.25, 0.3) is 5.69 Å². The van der Waals surface area contributed by atoms with Gasteiger partial charge in [-0.3, -0.25) is 10.1 Å². The second kappa shape index (κ2) is 6.61. The summed E-state index contributed by atoms with van der Waals surface area (Å²) < 4.78 is 5.03. The fourth-order valence-corrected chi connectivity index (χ4v) is 1.36. The number of nitrogens with two attached hydrogens (primary N) is 1. The number of nitrogens with one attached hydrogen (secondary N) is 1. The van der Waals surface area contributed by atoms with Crippen LogP contribution in [0.1, 0.15) is 26.3 Å². The average molecular weight is 291 g/mol. The van der Waals surface area contributed by atoms with E-state index in [1.54, 1.807) is 26.8 Å².